The van der Waals surface area contributed by atoms with E-state index in [1.54, 1.807) is 0 Å². The summed E-state index contributed by atoms with van der Waals surface area (Å²) in [5.74, 6) is 2.13. The van der Waals surface area contributed by atoms with Gasteiger partial charge in [-0.1, -0.05) is 44.2 Å². The van der Waals surface area contributed by atoms with Gasteiger partial charge in [-0.15, -0.1) is 0 Å². The van der Waals surface area contributed by atoms with Crippen molar-refractivity contribution in [3.63, 3.8) is 0 Å². The number of benzene rings is 1. The van der Waals surface area contributed by atoms with Gasteiger partial charge in [-0.3, -0.25) is 0 Å². The van der Waals surface area contributed by atoms with Crippen molar-refractivity contribution in [2.24, 2.45) is 11.8 Å². The molecule has 2 atom stereocenters. The van der Waals surface area contributed by atoms with E-state index in [1.165, 1.54) is 12.0 Å². The lowest BCUT2D eigenvalue weighted by molar-refractivity contribution is 0.0319. The number of hydrogen-bond donors (Lipinski definition) is 0. The van der Waals surface area contributed by atoms with E-state index in [9.17, 15) is 0 Å². The first-order valence-electron chi connectivity index (χ1n) is 5.91. The summed E-state index contributed by atoms with van der Waals surface area (Å²) in [4.78, 5) is 0. The molecule has 0 saturated carbocycles. The normalized spacial score (nSPS) is 26.9. The van der Waals surface area contributed by atoms with E-state index < -0.39 is 0 Å². The van der Waals surface area contributed by atoms with Gasteiger partial charge in [0, 0.05) is 12.5 Å². The van der Waals surface area contributed by atoms with Crippen LogP contribution in [0.25, 0.3) is 0 Å². The molecule has 1 aromatic carbocycles. The van der Waals surface area contributed by atoms with Gasteiger partial charge in [-0.2, -0.15) is 0 Å². The molecule has 0 radical (unpaired) electrons. The fourth-order valence-electron chi connectivity index (χ4n) is 2.60. The summed E-state index contributed by atoms with van der Waals surface area (Å²) in [7, 11) is 0. The van der Waals surface area contributed by atoms with Gasteiger partial charge in [0.2, 0.25) is 0 Å². The summed E-state index contributed by atoms with van der Waals surface area (Å²) in [5, 5.41) is 0. The van der Waals surface area contributed by atoms with Gasteiger partial charge in [0.05, 0.1) is 6.61 Å². The highest BCUT2D eigenvalue weighted by molar-refractivity contribution is 5.21. The molecule has 82 valence electrons. The Hall–Kier alpha value is -0.820. The Morgan fingerprint density at radius 3 is 2.60 bits per heavy atom. The van der Waals surface area contributed by atoms with Gasteiger partial charge in [0.1, 0.15) is 0 Å². The Labute approximate surface area is 92.5 Å². The largest absolute Gasteiger partial charge is 0.381 e. The summed E-state index contributed by atoms with van der Waals surface area (Å²) in [6.07, 6.45) is 1.21. The van der Waals surface area contributed by atoms with Crippen molar-refractivity contribution in [1.82, 2.24) is 0 Å². The minimum atomic E-state index is 0.597. The van der Waals surface area contributed by atoms with Crippen LogP contribution in [0.4, 0.5) is 0 Å². The maximum atomic E-state index is 5.62. The molecule has 0 amide bonds. The third-order valence-corrected chi connectivity index (χ3v) is 3.49. The minimum Gasteiger partial charge on any atom is -0.381 e. The average molecular weight is 204 g/mol. The zero-order valence-electron chi connectivity index (χ0n) is 9.65. The van der Waals surface area contributed by atoms with E-state index in [0.717, 1.165) is 25.0 Å². The molecule has 1 fully saturated rings. The third kappa shape index (κ3) is 2.40. The highest BCUT2D eigenvalue weighted by Gasteiger charge is 2.28. The predicted molar refractivity (Wildman–Crippen MR) is 62.9 cm³/mol. The molecule has 0 aromatic heterocycles. The van der Waals surface area contributed by atoms with Gasteiger partial charge in [0.15, 0.2) is 0 Å². The first kappa shape index (κ1) is 10.7. The van der Waals surface area contributed by atoms with Crippen molar-refractivity contribution >= 4 is 0 Å². The molecular weight excluding hydrogens is 184 g/mol. The van der Waals surface area contributed by atoms with Gasteiger partial charge in [-0.25, -0.2) is 0 Å². The summed E-state index contributed by atoms with van der Waals surface area (Å²) >= 11 is 0. The lowest BCUT2D eigenvalue weighted by atomic mass is 9.77. The van der Waals surface area contributed by atoms with Gasteiger partial charge >= 0.3 is 0 Å². The molecule has 1 saturated heterocycles. The second-order valence-electron chi connectivity index (χ2n) is 4.79. The lowest BCUT2D eigenvalue weighted by Crippen LogP contribution is -2.29. The van der Waals surface area contributed by atoms with Crippen LogP contribution in [-0.4, -0.2) is 13.2 Å². The van der Waals surface area contributed by atoms with E-state index in [0.29, 0.717) is 5.92 Å². The van der Waals surface area contributed by atoms with Crippen LogP contribution in [0.3, 0.4) is 0 Å². The number of hydrogen-bond acceptors (Lipinski definition) is 1. The number of rotatable bonds is 2. The smallest absolute Gasteiger partial charge is 0.0537 e. The molecular formula is C14H20O. The maximum absolute atomic E-state index is 5.62. The van der Waals surface area contributed by atoms with Crippen molar-refractivity contribution in [3.8, 4) is 0 Å². The average Bonchev–Trinajstić information content (AvgIpc) is 2.30. The van der Waals surface area contributed by atoms with Crippen LogP contribution < -0.4 is 0 Å². The van der Waals surface area contributed by atoms with E-state index in [2.05, 4.69) is 44.2 Å². The molecule has 1 aromatic rings. The lowest BCUT2D eigenvalue weighted by Gasteiger charge is -2.34. The van der Waals surface area contributed by atoms with Gasteiger partial charge < -0.3 is 4.74 Å². The molecule has 0 aliphatic carbocycles. The summed E-state index contributed by atoms with van der Waals surface area (Å²) < 4.78 is 5.62. The zero-order chi connectivity index (χ0) is 10.7. The van der Waals surface area contributed by atoms with Crippen LogP contribution in [-0.2, 0) is 4.74 Å². The van der Waals surface area contributed by atoms with Crippen LogP contribution in [0, 0.1) is 11.8 Å². The Balaban J connectivity index is 2.18. The first-order valence-corrected chi connectivity index (χ1v) is 5.91. The van der Waals surface area contributed by atoms with Crippen LogP contribution in [0.1, 0.15) is 31.7 Å². The molecule has 1 aliphatic rings. The Morgan fingerprint density at radius 2 is 1.93 bits per heavy atom. The molecule has 0 bridgehead atoms. The molecule has 2 rings (SSSR count). The third-order valence-electron chi connectivity index (χ3n) is 3.49. The van der Waals surface area contributed by atoms with Crippen molar-refractivity contribution in [2.75, 3.05) is 13.2 Å². The highest BCUT2D eigenvalue weighted by atomic mass is 16.5. The Kier molecular flexibility index (Phi) is 3.42. The van der Waals surface area contributed by atoms with Gasteiger partial charge in [-0.05, 0) is 23.8 Å². The second-order valence-corrected chi connectivity index (χ2v) is 4.79. The second kappa shape index (κ2) is 4.80. The Bertz CT molecular complexity index is 291. The molecule has 2 unspecified atom stereocenters. The standard InChI is InChI=1S/C14H20O/c1-11(2)13-8-9-15-10-14(13)12-6-4-3-5-7-12/h3-7,11,13-14H,8-10H2,1-2H3. The molecule has 1 nitrogen and oxygen atoms in total. The van der Waals surface area contributed by atoms with Crippen LogP contribution in [0.2, 0.25) is 0 Å². The summed E-state index contributed by atoms with van der Waals surface area (Å²) in [6, 6.07) is 10.8. The van der Waals surface area contributed by atoms with Crippen molar-refractivity contribution in [1.29, 1.82) is 0 Å². The fourth-order valence-corrected chi connectivity index (χ4v) is 2.60. The monoisotopic (exact) mass is 204 g/mol. The summed E-state index contributed by atoms with van der Waals surface area (Å²) in [5.41, 5.74) is 1.44. The van der Waals surface area contributed by atoms with Crippen LogP contribution >= 0.6 is 0 Å². The van der Waals surface area contributed by atoms with Gasteiger partial charge in [0.25, 0.3) is 0 Å². The zero-order valence-corrected chi connectivity index (χ0v) is 9.65. The Morgan fingerprint density at radius 1 is 1.20 bits per heavy atom. The van der Waals surface area contributed by atoms with Crippen LogP contribution in [0.5, 0.6) is 0 Å². The van der Waals surface area contributed by atoms with Crippen molar-refractivity contribution in [3.05, 3.63) is 35.9 Å². The molecule has 1 heteroatoms. The van der Waals surface area contributed by atoms with Crippen molar-refractivity contribution in [2.45, 2.75) is 26.2 Å². The van der Waals surface area contributed by atoms with E-state index >= 15 is 0 Å². The molecule has 0 spiro atoms. The van der Waals surface area contributed by atoms with Crippen LogP contribution in [0.15, 0.2) is 30.3 Å². The quantitative estimate of drug-likeness (QED) is 0.717. The highest BCUT2D eigenvalue weighted by Crippen LogP contribution is 2.35. The van der Waals surface area contributed by atoms with E-state index in [1.807, 2.05) is 0 Å². The molecule has 1 aliphatic heterocycles. The summed E-state index contributed by atoms with van der Waals surface area (Å²) in [6.45, 7) is 6.48. The minimum absolute atomic E-state index is 0.597. The molecule has 1 heterocycles. The fraction of sp³-hybridized carbons (Fsp3) is 0.571. The van der Waals surface area contributed by atoms with E-state index in [-0.39, 0.29) is 0 Å². The van der Waals surface area contributed by atoms with E-state index in [4.69, 9.17) is 4.74 Å². The van der Waals surface area contributed by atoms with Crippen molar-refractivity contribution < 1.29 is 4.74 Å². The molecule has 0 N–H and O–H groups in total. The number of ether oxygens (including phenoxy) is 1. The first-order chi connectivity index (χ1) is 7.29. The SMILES string of the molecule is CC(C)C1CCOCC1c1ccccc1. The predicted octanol–water partition coefficient (Wildman–Crippen LogP) is 3.46. The topological polar surface area (TPSA) is 9.23 Å². The maximum Gasteiger partial charge on any atom is 0.0537 e. The molecule has 15 heavy (non-hydrogen) atoms.